The van der Waals surface area contributed by atoms with Gasteiger partial charge in [-0.3, -0.25) is 0 Å². The SMILES string of the molecule is Cc1cccc(-n2cc[n+](C)c2C)c1. The molecule has 0 spiro atoms. The molecule has 0 atom stereocenters. The fourth-order valence-electron chi connectivity index (χ4n) is 1.60. The molecule has 14 heavy (non-hydrogen) atoms. The van der Waals surface area contributed by atoms with Crippen LogP contribution in [-0.4, -0.2) is 4.57 Å². The van der Waals surface area contributed by atoms with E-state index in [-0.39, 0.29) is 0 Å². The van der Waals surface area contributed by atoms with Gasteiger partial charge >= 0.3 is 0 Å². The van der Waals surface area contributed by atoms with Crippen molar-refractivity contribution in [3.8, 4) is 5.69 Å². The van der Waals surface area contributed by atoms with Gasteiger partial charge in [0.05, 0.1) is 7.05 Å². The minimum absolute atomic E-state index is 1.23. The molecule has 0 aliphatic heterocycles. The van der Waals surface area contributed by atoms with E-state index in [1.807, 2.05) is 0 Å². The zero-order chi connectivity index (χ0) is 10.1. The van der Waals surface area contributed by atoms with Crippen molar-refractivity contribution in [2.45, 2.75) is 13.8 Å². The zero-order valence-electron chi connectivity index (χ0n) is 8.86. The van der Waals surface area contributed by atoms with Gasteiger partial charge in [-0.2, -0.15) is 0 Å². The number of imidazole rings is 1. The van der Waals surface area contributed by atoms with E-state index in [2.05, 4.69) is 66.7 Å². The van der Waals surface area contributed by atoms with Crippen molar-refractivity contribution in [1.29, 1.82) is 0 Å². The second-order valence-corrected chi connectivity index (χ2v) is 3.67. The average Bonchev–Trinajstić information content (AvgIpc) is 2.48. The fraction of sp³-hybridized carbons (Fsp3) is 0.250. The largest absolute Gasteiger partial charge is 0.258 e. The highest BCUT2D eigenvalue weighted by Gasteiger charge is 2.10. The van der Waals surface area contributed by atoms with E-state index in [4.69, 9.17) is 0 Å². The Balaban J connectivity index is 2.55. The lowest BCUT2D eigenvalue weighted by Crippen LogP contribution is -2.29. The van der Waals surface area contributed by atoms with E-state index in [1.54, 1.807) is 0 Å². The second-order valence-electron chi connectivity index (χ2n) is 3.67. The van der Waals surface area contributed by atoms with Crippen LogP contribution in [-0.2, 0) is 7.05 Å². The Labute approximate surface area is 84.4 Å². The summed E-state index contributed by atoms with van der Waals surface area (Å²) in [4.78, 5) is 0. The standard InChI is InChI=1S/C12H15N2/c1-10-5-4-6-12(9-10)14-8-7-13(3)11(14)2/h4-9H,1-3H3/q+1. The van der Waals surface area contributed by atoms with E-state index in [0.29, 0.717) is 0 Å². The molecule has 72 valence electrons. The summed E-state index contributed by atoms with van der Waals surface area (Å²) in [6.07, 6.45) is 4.15. The lowest BCUT2D eigenvalue weighted by atomic mass is 10.2. The molecule has 0 amide bonds. The molecule has 2 heteroatoms. The number of rotatable bonds is 1. The van der Waals surface area contributed by atoms with Crippen LogP contribution in [0.25, 0.3) is 5.69 Å². The molecule has 1 aromatic carbocycles. The van der Waals surface area contributed by atoms with Gasteiger partial charge in [0.25, 0.3) is 5.82 Å². The molecule has 1 aromatic heterocycles. The van der Waals surface area contributed by atoms with Crippen molar-refractivity contribution in [1.82, 2.24) is 4.57 Å². The Kier molecular flexibility index (Phi) is 2.12. The van der Waals surface area contributed by atoms with Crippen LogP contribution in [0.2, 0.25) is 0 Å². The summed E-state index contributed by atoms with van der Waals surface area (Å²) in [6.45, 7) is 4.23. The van der Waals surface area contributed by atoms with Gasteiger partial charge < -0.3 is 0 Å². The number of benzene rings is 1. The molecule has 0 bridgehead atoms. The van der Waals surface area contributed by atoms with Crippen molar-refractivity contribution in [2.24, 2.45) is 7.05 Å². The average molecular weight is 187 g/mol. The maximum absolute atomic E-state index is 2.19. The lowest BCUT2D eigenvalue weighted by Gasteiger charge is -1.99. The topological polar surface area (TPSA) is 8.81 Å². The molecule has 2 rings (SSSR count). The number of hydrogen-bond donors (Lipinski definition) is 0. The van der Waals surface area contributed by atoms with E-state index >= 15 is 0 Å². The van der Waals surface area contributed by atoms with Crippen LogP contribution >= 0.6 is 0 Å². The quantitative estimate of drug-likeness (QED) is 0.603. The zero-order valence-corrected chi connectivity index (χ0v) is 8.86. The first-order valence-electron chi connectivity index (χ1n) is 4.79. The van der Waals surface area contributed by atoms with Gasteiger partial charge in [-0.1, -0.05) is 12.1 Å². The van der Waals surface area contributed by atoms with Crippen LogP contribution in [0.4, 0.5) is 0 Å². The first-order chi connectivity index (χ1) is 6.68. The van der Waals surface area contributed by atoms with Crippen molar-refractivity contribution in [3.05, 3.63) is 48.0 Å². The van der Waals surface area contributed by atoms with Crippen molar-refractivity contribution in [2.75, 3.05) is 0 Å². The maximum atomic E-state index is 2.19. The minimum Gasteiger partial charge on any atom is -0.237 e. The Bertz CT molecular complexity index is 455. The summed E-state index contributed by atoms with van der Waals surface area (Å²) in [5.74, 6) is 1.23. The highest BCUT2D eigenvalue weighted by Crippen LogP contribution is 2.10. The smallest absolute Gasteiger partial charge is 0.237 e. The van der Waals surface area contributed by atoms with Gasteiger partial charge in [0.1, 0.15) is 18.1 Å². The molecule has 0 aliphatic rings. The third-order valence-corrected chi connectivity index (χ3v) is 2.58. The number of aromatic nitrogens is 2. The van der Waals surface area contributed by atoms with Crippen molar-refractivity contribution >= 4 is 0 Å². The van der Waals surface area contributed by atoms with Crippen LogP contribution < -0.4 is 4.57 Å². The molecule has 1 heterocycles. The normalized spacial score (nSPS) is 10.5. The lowest BCUT2D eigenvalue weighted by molar-refractivity contribution is -0.677. The summed E-state index contributed by atoms with van der Waals surface area (Å²) in [6, 6.07) is 8.51. The Morgan fingerprint density at radius 1 is 1.21 bits per heavy atom. The van der Waals surface area contributed by atoms with Gasteiger partial charge in [-0.25, -0.2) is 9.13 Å². The van der Waals surface area contributed by atoms with Gasteiger partial charge in [-0.05, 0) is 24.6 Å². The Hall–Kier alpha value is -1.57. The molecular weight excluding hydrogens is 172 g/mol. The molecule has 2 nitrogen and oxygen atoms in total. The fourth-order valence-corrected chi connectivity index (χ4v) is 1.60. The summed E-state index contributed by atoms with van der Waals surface area (Å²) in [5.41, 5.74) is 2.52. The molecule has 0 radical (unpaired) electrons. The van der Waals surface area contributed by atoms with Crippen molar-refractivity contribution < 1.29 is 4.57 Å². The monoisotopic (exact) mass is 187 g/mol. The van der Waals surface area contributed by atoms with Gasteiger partial charge in [0, 0.05) is 6.92 Å². The molecular formula is C12H15N2+. The molecule has 0 saturated carbocycles. The summed E-state index contributed by atoms with van der Waals surface area (Å²) in [5, 5.41) is 0. The molecule has 2 aromatic rings. The highest BCUT2D eigenvalue weighted by atomic mass is 15.1. The third-order valence-electron chi connectivity index (χ3n) is 2.58. The maximum Gasteiger partial charge on any atom is 0.258 e. The summed E-state index contributed by atoms with van der Waals surface area (Å²) in [7, 11) is 2.06. The Morgan fingerprint density at radius 3 is 2.57 bits per heavy atom. The van der Waals surface area contributed by atoms with Gasteiger partial charge in [0.15, 0.2) is 0 Å². The van der Waals surface area contributed by atoms with Crippen LogP contribution in [0.3, 0.4) is 0 Å². The first-order valence-corrected chi connectivity index (χ1v) is 4.79. The van der Waals surface area contributed by atoms with E-state index in [0.717, 1.165) is 0 Å². The predicted octanol–water partition coefficient (Wildman–Crippen LogP) is 1.92. The van der Waals surface area contributed by atoms with Crippen LogP contribution in [0.15, 0.2) is 36.7 Å². The minimum atomic E-state index is 1.23. The highest BCUT2D eigenvalue weighted by molar-refractivity contribution is 5.35. The first kappa shape index (κ1) is 9.00. The molecule has 0 saturated heterocycles. The molecule has 0 unspecified atom stereocenters. The van der Waals surface area contributed by atoms with Gasteiger partial charge in [0.2, 0.25) is 0 Å². The molecule has 0 fully saturated rings. The summed E-state index contributed by atoms with van der Waals surface area (Å²) >= 11 is 0. The number of hydrogen-bond acceptors (Lipinski definition) is 0. The van der Waals surface area contributed by atoms with E-state index in [1.165, 1.54) is 17.1 Å². The molecule has 0 aliphatic carbocycles. The third kappa shape index (κ3) is 1.43. The second kappa shape index (κ2) is 3.29. The van der Waals surface area contributed by atoms with Crippen LogP contribution in [0, 0.1) is 13.8 Å². The summed E-state index contributed by atoms with van der Waals surface area (Å²) < 4.78 is 4.30. The van der Waals surface area contributed by atoms with E-state index in [9.17, 15) is 0 Å². The van der Waals surface area contributed by atoms with Crippen LogP contribution in [0.5, 0.6) is 0 Å². The Morgan fingerprint density at radius 2 is 2.00 bits per heavy atom. The van der Waals surface area contributed by atoms with Crippen LogP contribution in [0.1, 0.15) is 11.4 Å². The van der Waals surface area contributed by atoms with E-state index < -0.39 is 0 Å². The number of nitrogens with zero attached hydrogens (tertiary/aromatic N) is 2. The molecule has 0 N–H and O–H groups in total. The van der Waals surface area contributed by atoms with Gasteiger partial charge in [-0.15, -0.1) is 0 Å². The predicted molar refractivity (Wildman–Crippen MR) is 56.4 cm³/mol. The van der Waals surface area contributed by atoms with Crippen molar-refractivity contribution in [3.63, 3.8) is 0 Å². The number of aryl methyl sites for hydroxylation is 2.